The molecule has 0 fully saturated rings. The molecule has 3 aromatic rings. The van der Waals surface area contributed by atoms with E-state index >= 15 is 0 Å². The number of nitrogens with zero attached hydrogens (tertiary/aromatic N) is 2. The summed E-state index contributed by atoms with van der Waals surface area (Å²) >= 11 is 0. The maximum Gasteiger partial charge on any atom is 0.191 e. The highest BCUT2D eigenvalue weighted by Gasteiger charge is 2.08. The Balaban J connectivity index is 0.00000261. The van der Waals surface area contributed by atoms with Gasteiger partial charge in [0.1, 0.15) is 0 Å². The van der Waals surface area contributed by atoms with Gasteiger partial charge in [-0.3, -0.25) is 9.98 Å². The zero-order valence-corrected chi connectivity index (χ0v) is 18.4. The number of halogens is 1. The van der Waals surface area contributed by atoms with Crippen LogP contribution in [0.25, 0.3) is 10.8 Å². The summed E-state index contributed by atoms with van der Waals surface area (Å²) < 4.78 is 0. The lowest BCUT2D eigenvalue weighted by Gasteiger charge is -2.17. The second-order valence-electron chi connectivity index (χ2n) is 6.60. The molecule has 1 atom stereocenters. The second-order valence-corrected chi connectivity index (χ2v) is 6.60. The zero-order chi connectivity index (χ0) is 18.4. The van der Waals surface area contributed by atoms with Crippen LogP contribution in [0.3, 0.4) is 0 Å². The van der Waals surface area contributed by atoms with Crippen LogP contribution in [0.4, 0.5) is 0 Å². The smallest absolute Gasteiger partial charge is 0.191 e. The van der Waals surface area contributed by atoms with Crippen LogP contribution in [-0.4, -0.2) is 24.5 Å². The lowest BCUT2D eigenvalue weighted by Crippen LogP contribution is -2.38. The molecule has 1 heterocycles. The minimum absolute atomic E-state index is 0. The molecule has 0 spiro atoms. The first-order chi connectivity index (χ1) is 12.7. The van der Waals surface area contributed by atoms with Gasteiger partial charge in [0.05, 0.1) is 12.2 Å². The van der Waals surface area contributed by atoms with Gasteiger partial charge in [0, 0.05) is 25.2 Å². The van der Waals surface area contributed by atoms with Gasteiger partial charge in [-0.1, -0.05) is 61.0 Å². The van der Waals surface area contributed by atoms with Crippen molar-refractivity contribution in [2.75, 3.05) is 13.6 Å². The molecule has 0 saturated heterocycles. The number of rotatable bonds is 5. The number of nitrogens with one attached hydrogen (secondary N) is 2. The molecule has 0 aliphatic heterocycles. The summed E-state index contributed by atoms with van der Waals surface area (Å²) in [5, 5.41) is 9.17. The summed E-state index contributed by atoms with van der Waals surface area (Å²) in [6.07, 6.45) is 1.86. The number of benzene rings is 2. The van der Waals surface area contributed by atoms with Crippen molar-refractivity contribution in [1.82, 2.24) is 15.6 Å². The van der Waals surface area contributed by atoms with E-state index in [4.69, 9.17) is 0 Å². The molecule has 1 unspecified atom stereocenters. The Hall–Kier alpha value is -2.15. The minimum atomic E-state index is 0. The van der Waals surface area contributed by atoms with Gasteiger partial charge in [-0.05, 0) is 29.9 Å². The van der Waals surface area contributed by atoms with Crippen LogP contribution in [0.5, 0.6) is 0 Å². The molecular formula is C22H27IN4. The number of pyridine rings is 1. The first-order valence-corrected chi connectivity index (χ1v) is 9.01. The number of aliphatic imine (C=N–C) groups is 1. The minimum Gasteiger partial charge on any atom is -0.356 e. The van der Waals surface area contributed by atoms with Crippen molar-refractivity contribution in [1.29, 1.82) is 0 Å². The van der Waals surface area contributed by atoms with E-state index in [2.05, 4.69) is 70.9 Å². The van der Waals surface area contributed by atoms with Crippen LogP contribution >= 0.6 is 24.0 Å². The number of aromatic nitrogens is 1. The van der Waals surface area contributed by atoms with Crippen LogP contribution in [0.1, 0.15) is 29.7 Å². The predicted octanol–water partition coefficient (Wildman–Crippen LogP) is 4.63. The third-order valence-electron chi connectivity index (χ3n) is 4.59. The molecular weight excluding hydrogens is 447 g/mol. The van der Waals surface area contributed by atoms with Crippen LogP contribution in [-0.2, 0) is 6.54 Å². The molecule has 2 N–H and O–H groups in total. The first-order valence-electron chi connectivity index (χ1n) is 9.01. The standard InChI is InChI=1S/C22H26N4.HI/c1-16-7-6-9-19(13-16)17(2)14-25-22(23-3)26-15-21-20-10-5-4-8-18(20)11-12-24-21;/h4-13,17H,14-15H2,1-3H3,(H2,23,25,26);1H. The molecule has 2 aromatic carbocycles. The highest BCUT2D eigenvalue weighted by molar-refractivity contribution is 14.0. The Morgan fingerprint density at radius 2 is 1.89 bits per heavy atom. The Bertz CT molecular complexity index is 902. The highest BCUT2D eigenvalue weighted by atomic mass is 127. The van der Waals surface area contributed by atoms with Gasteiger partial charge in [0.15, 0.2) is 5.96 Å². The van der Waals surface area contributed by atoms with E-state index in [0.717, 1.165) is 18.2 Å². The average molecular weight is 474 g/mol. The van der Waals surface area contributed by atoms with Gasteiger partial charge >= 0.3 is 0 Å². The molecule has 0 aliphatic carbocycles. The maximum absolute atomic E-state index is 4.52. The van der Waals surface area contributed by atoms with Gasteiger partial charge in [0.2, 0.25) is 0 Å². The summed E-state index contributed by atoms with van der Waals surface area (Å²) in [5.41, 5.74) is 3.65. The summed E-state index contributed by atoms with van der Waals surface area (Å²) in [7, 11) is 1.79. The van der Waals surface area contributed by atoms with E-state index in [1.807, 2.05) is 24.4 Å². The molecule has 0 radical (unpaired) electrons. The zero-order valence-electron chi connectivity index (χ0n) is 16.1. The number of guanidine groups is 1. The van der Waals surface area contributed by atoms with Crippen molar-refractivity contribution in [2.24, 2.45) is 4.99 Å². The SMILES string of the molecule is CN=C(NCc1nccc2ccccc12)NCC(C)c1cccc(C)c1.I. The van der Waals surface area contributed by atoms with E-state index in [1.165, 1.54) is 21.9 Å². The Morgan fingerprint density at radius 1 is 1.07 bits per heavy atom. The van der Waals surface area contributed by atoms with Crippen LogP contribution in [0.15, 0.2) is 65.8 Å². The van der Waals surface area contributed by atoms with Crippen molar-refractivity contribution in [2.45, 2.75) is 26.3 Å². The van der Waals surface area contributed by atoms with Crippen LogP contribution in [0, 0.1) is 6.92 Å². The molecule has 5 heteroatoms. The van der Waals surface area contributed by atoms with E-state index in [-0.39, 0.29) is 24.0 Å². The molecule has 27 heavy (non-hydrogen) atoms. The normalized spacial score (nSPS) is 12.3. The Kier molecular flexibility index (Phi) is 8.03. The van der Waals surface area contributed by atoms with E-state index in [0.29, 0.717) is 12.5 Å². The fraction of sp³-hybridized carbons (Fsp3) is 0.273. The monoisotopic (exact) mass is 474 g/mol. The lowest BCUT2D eigenvalue weighted by atomic mass is 9.99. The number of fused-ring (bicyclic) bond motifs is 1. The topological polar surface area (TPSA) is 49.3 Å². The molecule has 1 aromatic heterocycles. The van der Waals surface area contributed by atoms with Crippen molar-refractivity contribution in [3.8, 4) is 0 Å². The van der Waals surface area contributed by atoms with Gasteiger partial charge < -0.3 is 10.6 Å². The number of aryl methyl sites for hydroxylation is 1. The predicted molar refractivity (Wildman–Crippen MR) is 125 cm³/mol. The largest absolute Gasteiger partial charge is 0.356 e. The van der Waals surface area contributed by atoms with Gasteiger partial charge in [-0.2, -0.15) is 0 Å². The first kappa shape index (κ1) is 21.2. The van der Waals surface area contributed by atoms with Gasteiger partial charge in [-0.15, -0.1) is 24.0 Å². The molecule has 4 nitrogen and oxygen atoms in total. The van der Waals surface area contributed by atoms with Crippen molar-refractivity contribution in [3.63, 3.8) is 0 Å². The summed E-state index contributed by atoms with van der Waals surface area (Å²) in [6, 6.07) is 19.0. The lowest BCUT2D eigenvalue weighted by molar-refractivity contribution is 0.697. The van der Waals surface area contributed by atoms with Gasteiger partial charge in [0.25, 0.3) is 0 Å². The molecule has 0 saturated carbocycles. The third kappa shape index (κ3) is 5.66. The van der Waals surface area contributed by atoms with Crippen LogP contribution < -0.4 is 10.6 Å². The molecule has 0 aliphatic rings. The third-order valence-corrected chi connectivity index (χ3v) is 4.59. The Labute approximate surface area is 178 Å². The fourth-order valence-electron chi connectivity index (χ4n) is 3.06. The van der Waals surface area contributed by atoms with E-state index in [1.54, 1.807) is 7.05 Å². The molecule has 0 amide bonds. The quantitative estimate of drug-likeness (QED) is 0.322. The van der Waals surface area contributed by atoms with E-state index < -0.39 is 0 Å². The highest BCUT2D eigenvalue weighted by Crippen LogP contribution is 2.16. The molecule has 142 valence electrons. The molecule has 0 bridgehead atoms. The molecule has 3 rings (SSSR count). The summed E-state index contributed by atoms with van der Waals surface area (Å²) in [4.78, 5) is 8.85. The Morgan fingerprint density at radius 3 is 2.67 bits per heavy atom. The van der Waals surface area contributed by atoms with Crippen molar-refractivity contribution in [3.05, 3.63) is 77.6 Å². The average Bonchev–Trinajstić information content (AvgIpc) is 2.68. The summed E-state index contributed by atoms with van der Waals surface area (Å²) in [6.45, 7) is 5.81. The van der Waals surface area contributed by atoms with E-state index in [9.17, 15) is 0 Å². The van der Waals surface area contributed by atoms with Crippen LogP contribution in [0.2, 0.25) is 0 Å². The fourth-order valence-corrected chi connectivity index (χ4v) is 3.06. The number of hydrogen-bond acceptors (Lipinski definition) is 2. The number of hydrogen-bond donors (Lipinski definition) is 2. The maximum atomic E-state index is 4.52. The second kappa shape index (κ2) is 10.3. The van der Waals surface area contributed by atoms with Crippen molar-refractivity contribution >= 4 is 40.7 Å². The van der Waals surface area contributed by atoms with Crippen molar-refractivity contribution < 1.29 is 0 Å². The summed E-state index contributed by atoms with van der Waals surface area (Å²) in [5.74, 6) is 1.20. The van der Waals surface area contributed by atoms with Gasteiger partial charge in [-0.25, -0.2) is 0 Å².